The van der Waals surface area contributed by atoms with E-state index in [0.717, 1.165) is 12.1 Å². The summed E-state index contributed by atoms with van der Waals surface area (Å²) in [4.78, 5) is -1.23. The monoisotopic (exact) mass is 465 g/mol. The Labute approximate surface area is 186 Å². The van der Waals surface area contributed by atoms with Gasteiger partial charge in [-0.25, -0.2) is 8.42 Å². The van der Waals surface area contributed by atoms with Crippen LogP contribution in [0.2, 0.25) is 0 Å². The van der Waals surface area contributed by atoms with E-state index in [9.17, 15) is 26.7 Å². The normalized spacial score (nSPS) is 13.0. The molecule has 8 heteroatoms. The van der Waals surface area contributed by atoms with Gasteiger partial charge >= 0.3 is 6.18 Å². The minimum atomic E-state index is -4.76. The zero-order valence-electron chi connectivity index (χ0n) is 18.8. The Morgan fingerprint density at radius 2 is 1.41 bits per heavy atom. The number of halogens is 3. The van der Waals surface area contributed by atoms with Crippen LogP contribution in [-0.4, -0.2) is 13.5 Å². The molecule has 0 aromatic heterocycles. The molecule has 0 saturated carbocycles. The number of sulfone groups is 1. The summed E-state index contributed by atoms with van der Waals surface area (Å²) in [6, 6.07) is 6.75. The van der Waals surface area contributed by atoms with E-state index in [-0.39, 0.29) is 16.9 Å². The number of hydrogen-bond acceptors (Lipinski definition) is 4. The number of nitrogens with zero attached hydrogens (tertiary/aromatic N) is 1. The van der Waals surface area contributed by atoms with E-state index < -0.39 is 42.2 Å². The Morgan fingerprint density at radius 3 is 1.78 bits per heavy atom. The predicted molar refractivity (Wildman–Crippen MR) is 118 cm³/mol. The second-order valence-corrected chi connectivity index (χ2v) is 11.6. The van der Waals surface area contributed by atoms with Crippen LogP contribution in [0.3, 0.4) is 0 Å². The van der Waals surface area contributed by atoms with Crippen molar-refractivity contribution in [2.75, 3.05) is 0 Å². The molecular formula is C24H26F3NO3S. The molecule has 4 nitrogen and oxygen atoms in total. The van der Waals surface area contributed by atoms with Gasteiger partial charge in [0, 0.05) is 11.1 Å². The van der Waals surface area contributed by atoms with Gasteiger partial charge in [-0.05, 0) is 52.3 Å². The summed E-state index contributed by atoms with van der Waals surface area (Å²) in [6.45, 7) is 14.1. The minimum Gasteiger partial charge on any atom is -0.507 e. The highest BCUT2D eigenvalue weighted by molar-refractivity contribution is 7.95. The molecule has 0 saturated heterocycles. The van der Waals surface area contributed by atoms with E-state index in [2.05, 4.69) is 6.58 Å². The molecule has 0 radical (unpaired) electrons. The minimum absolute atomic E-state index is 0.0102. The molecule has 32 heavy (non-hydrogen) atoms. The van der Waals surface area contributed by atoms with Crippen molar-refractivity contribution >= 4 is 9.84 Å². The molecule has 0 atom stereocenters. The maximum atomic E-state index is 13.9. The Kier molecular flexibility index (Phi) is 6.34. The fourth-order valence-electron chi connectivity index (χ4n) is 3.31. The number of allylic oxidation sites excluding steroid dienone is 1. The third kappa shape index (κ3) is 4.83. The van der Waals surface area contributed by atoms with E-state index in [0.29, 0.717) is 17.2 Å². The zero-order chi connectivity index (χ0) is 24.9. The van der Waals surface area contributed by atoms with Crippen LogP contribution in [0.15, 0.2) is 46.7 Å². The summed E-state index contributed by atoms with van der Waals surface area (Å²) in [6.07, 6.45) is -4.76. The molecule has 2 rings (SSSR count). The molecule has 0 amide bonds. The zero-order valence-corrected chi connectivity index (χ0v) is 19.7. The van der Waals surface area contributed by atoms with Crippen molar-refractivity contribution in [2.45, 2.75) is 63.4 Å². The van der Waals surface area contributed by atoms with Crippen LogP contribution < -0.4 is 0 Å². The van der Waals surface area contributed by atoms with Gasteiger partial charge in [-0.2, -0.15) is 18.4 Å². The molecule has 172 valence electrons. The van der Waals surface area contributed by atoms with Gasteiger partial charge in [0.15, 0.2) is 0 Å². The van der Waals surface area contributed by atoms with Crippen LogP contribution >= 0.6 is 0 Å². The van der Waals surface area contributed by atoms with Crippen LogP contribution in [-0.2, 0) is 26.8 Å². The van der Waals surface area contributed by atoms with Gasteiger partial charge in [0.25, 0.3) is 0 Å². The first-order chi connectivity index (χ1) is 14.3. The van der Waals surface area contributed by atoms with Gasteiger partial charge in [-0.15, -0.1) is 0 Å². The third-order valence-corrected chi connectivity index (χ3v) is 6.71. The summed E-state index contributed by atoms with van der Waals surface area (Å²) in [5.74, 6) is -0.0102. The molecular weight excluding hydrogens is 439 g/mol. The number of alkyl halides is 3. The van der Waals surface area contributed by atoms with Crippen LogP contribution in [0.5, 0.6) is 5.75 Å². The van der Waals surface area contributed by atoms with E-state index in [4.69, 9.17) is 5.26 Å². The van der Waals surface area contributed by atoms with E-state index >= 15 is 0 Å². The van der Waals surface area contributed by atoms with E-state index in [1.165, 1.54) is 18.2 Å². The predicted octanol–water partition coefficient (Wildman–Crippen LogP) is 6.48. The maximum Gasteiger partial charge on any atom is 0.417 e. The molecule has 0 aliphatic carbocycles. The maximum absolute atomic E-state index is 13.9. The van der Waals surface area contributed by atoms with Crippen molar-refractivity contribution in [3.63, 3.8) is 0 Å². The Balaban J connectivity index is 3.02. The highest BCUT2D eigenvalue weighted by Gasteiger charge is 2.36. The van der Waals surface area contributed by atoms with Gasteiger partial charge in [-0.1, -0.05) is 48.1 Å². The van der Waals surface area contributed by atoms with Gasteiger partial charge in [0.1, 0.15) is 16.7 Å². The molecule has 0 spiro atoms. The average molecular weight is 466 g/mol. The van der Waals surface area contributed by atoms with Gasteiger partial charge < -0.3 is 5.11 Å². The number of phenols is 1. The Hall–Kier alpha value is -2.79. The van der Waals surface area contributed by atoms with Crippen molar-refractivity contribution in [3.05, 3.63) is 58.5 Å². The number of aromatic hydroxyl groups is 1. The molecule has 0 bridgehead atoms. The average Bonchev–Trinajstić information content (AvgIpc) is 2.64. The molecule has 2 aromatic carbocycles. The molecule has 0 aliphatic rings. The number of nitriles is 1. The van der Waals surface area contributed by atoms with Gasteiger partial charge in [-0.3, -0.25) is 0 Å². The number of hydrogen-bond donors (Lipinski definition) is 1. The largest absolute Gasteiger partial charge is 0.507 e. The molecule has 1 N–H and O–H groups in total. The molecule has 0 fully saturated rings. The summed E-state index contributed by atoms with van der Waals surface area (Å²) in [7, 11) is -4.34. The van der Waals surface area contributed by atoms with Crippen molar-refractivity contribution in [3.8, 4) is 22.9 Å². The quantitative estimate of drug-likeness (QED) is 0.526. The molecule has 0 heterocycles. The van der Waals surface area contributed by atoms with Crippen molar-refractivity contribution < 1.29 is 26.7 Å². The summed E-state index contributed by atoms with van der Waals surface area (Å²) in [5, 5.41) is 19.8. The number of benzene rings is 2. The second kappa shape index (κ2) is 7.96. The Morgan fingerprint density at radius 1 is 0.938 bits per heavy atom. The third-order valence-electron chi connectivity index (χ3n) is 5.09. The van der Waals surface area contributed by atoms with Gasteiger partial charge in [0.2, 0.25) is 9.84 Å². The van der Waals surface area contributed by atoms with Crippen LogP contribution in [0, 0.1) is 11.3 Å². The van der Waals surface area contributed by atoms with Crippen LogP contribution in [0.4, 0.5) is 13.2 Å². The van der Waals surface area contributed by atoms with Crippen molar-refractivity contribution in [1.82, 2.24) is 0 Å². The lowest BCUT2D eigenvalue weighted by atomic mass is 9.77. The highest BCUT2D eigenvalue weighted by Crippen LogP contribution is 2.45. The summed E-state index contributed by atoms with van der Waals surface area (Å²) in [5.41, 5.74) is -1.60. The van der Waals surface area contributed by atoms with E-state index in [1.54, 1.807) is 0 Å². The first kappa shape index (κ1) is 25.5. The van der Waals surface area contributed by atoms with Crippen molar-refractivity contribution in [2.24, 2.45) is 0 Å². The number of rotatable bonds is 3. The lowest BCUT2D eigenvalue weighted by Crippen LogP contribution is -2.18. The standard InChI is InChI=1S/C24H26F3NO3S/c1-14(13-28)32(30,31)16-8-9-18(24(25,26)27)17(12-16)15-10-19(22(2,3)4)21(29)20(11-15)23(5,6)7/h8-12,29H,1H2,2-7H3. The molecule has 0 unspecified atom stereocenters. The van der Waals surface area contributed by atoms with Crippen LogP contribution in [0.25, 0.3) is 11.1 Å². The van der Waals surface area contributed by atoms with Gasteiger partial charge in [0.05, 0.1) is 10.5 Å². The smallest absolute Gasteiger partial charge is 0.417 e. The summed E-state index contributed by atoms with van der Waals surface area (Å²) < 4.78 is 66.7. The first-order valence-electron chi connectivity index (χ1n) is 9.75. The van der Waals surface area contributed by atoms with Crippen LogP contribution in [0.1, 0.15) is 58.2 Å². The van der Waals surface area contributed by atoms with E-state index in [1.807, 2.05) is 41.5 Å². The molecule has 0 aliphatic heterocycles. The first-order valence-corrected chi connectivity index (χ1v) is 11.2. The second-order valence-electron chi connectivity index (χ2n) is 9.66. The fourth-order valence-corrected chi connectivity index (χ4v) is 4.24. The lowest BCUT2D eigenvalue weighted by molar-refractivity contribution is -0.137. The SMILES string of the molecule is C=C(C#N)S(=O)(=O)c1ccc(C(F)(F)F)c(-c2cc(C(C)(C)C)c(O)c(C(C)(C)C)c2)c1. The van der Waals surface area contributed by atoms with Crippen molar-refractivity contribution in [1.29, 1.82) is 5.26 Å². The number of phenolic OH excluding ortho intramolecular Hbond substituents is 1. The fraction of sp³-hybridized carbons (Fsp3) is 0.375. The lowest BCUT2D eigenvalue weighted by Gasteiger charge is -2.28. The topological polar surface area (TPSA) is 78.2 Å². The highest BCUT2D eigenvalue weighted by atomic mass is 32.2. The Bertz CT molecular complexity index is 1190. The summed E-state index contributed by atoms with van der Waals surface area (Å²) >= 11 is 0. The molecule has 2 aromatic rings.